The van der Waals surface area contributed by atoms with Gasteiger partial charge in [0.1, 0.15) is 5.78 Å². The van der Waals surface area contributed by atoms with Crippen LogP contribution in [0.1, 0.15) is 26.2 Å². The lowest BCUT2D eigenvalue weighted by atomic mass is 10.2. The Kier molecular flexibility index (Phi) is 4.56. The van der Waals surface area contributed by atoms with Gasteiger partial charge in [0, 0.05) is 19.4 Å². The molecule has 0 amide bonds. The molecule has 0 unspecified atom stereocenters. The van der Waals surface area contributed by atoms with Gasteiger partial charge in [-0.3, -0.25) is 4.79 Å². The van der Waals surface area contributed by atoms with Gasteiger partial charge >= 0.3 is 0 Å². The van der Waals surface area contributed by atoms with E-state index >= 15 is 0 Å². The fraction of sp³-hybridized carbons (Fsp3) is 0.833. The monoisotopic (exact) mass is 116 g/mol. The normalized spacial score (nSPS) is 9.25. The Labute approximate surface area is 49.5 Å². The van der Waals surface area contributed by atoms with Crippen LogP contribution in [0.5, 0.6) is 0 Å². The molecule has 8 heavy (non-hydrogen) atoms. The molecule has 0 spiro atoms. The SMILES string of the molecule is CCCC(=O)CCO. The van der Waals surface area contributed by atoms with E-state index in [1.54, 1.807) is 0 Å². The molecule has 0 fully saturated rings. The third-order valence-corrected chi connectivity index (χ3v) is 0.919. The molecular formula is C6H12O2. The molecule has 0 rings (SSSR count). The van der Waals surface area contributed by atoms with Gasteiger partial charge in [0.25, 0.3) is 0 Å². The van der Waals surface area contributed by atoms with Crippen LogP contribution < -0.4 is 0 Å². The highest BCUT2D eigenvalue weighted by atomic mass is 16.3. The van der Waals surface area contributed by atoms with E-state index in [2.05, 4.69) is 0 Å². The fourth-order valence-electron chi connectivity index (χ4n) is 0.529. The molecular weight excluding hydrogens is 104 g/mol. The van der Waals surface area contributed by atoms with E-state index < -0.39 is 0 Å². The molecule has 0 saturated heterocycles. The second-order valence-corrected chi connectivity index (χ2v) is 1.76. The maximum absolute atomic E-state index is 10.5. The lowest BCUT2D eigenvalue weighted by Gasteiger charge is -1.90. The topological polar surface area (TPSA) is 37.3 Å². The van der Waals surface area contributed by atoms with Crippen LogP contribution in [0.2, 0.25) is 0 Å². The lowest BCUT2D eigenvalue weighted by molar-refractivity contribution is -0.119. The summed E-state index contributed by atoms with van der Waals surface area (Å²) in [5.74, 6) is 0.162. The highest BCUT2D eigenvalue weighted by Gasteiger charge is 1.95. The van der Waals surface area contributed by atoms with Crippen molar-refractivity contribution in [1.29, 1.82) is 0 Å². The molecule has 0 aliphatic carbocycles. The summed E-state index contributed by atoms with van der Waals surface area (Å²) >= 11 is 0. The third-order valence-electron chi connectivity index (χ3n) is 0.919. The van der Waals surface area contributed by atoms with Crippen LogP contribution in [-0.2, 0) is 4.79 Å². The molecule has 0 saturated carbocycles. The molecule has 2 nitrogen and oxygen atoms in total. The number of hydrogen-bond donors (Lipinski definition) is 1. The summed E-state index contributed by atoms with van der Waals surface area (Å²) in [6.45, 7) is 1.95. The molecule has 0 atom stereocenters. The molecule has 0 aromatic carbocycles. The Morgan fingerprint density at radius 2 is 2.12 bits per heavy atom. The number of carbonyl (C=O) groups is 1. The largest absolute Gasteiger partial charge is 0.396 e. The van der Waals surface area contributed by atoms with E-state index in [-0.39, 0.29) is 12.4 Å². The summed E-state index contributed by atoms with van der Waals surface area (Å²) in [6, 6.07) is 0. The van der Waals surface area contributed by atoms with Crippen molar-refractivity contribution >= 4 is 5.78 Å². The zero-order valence-electron chi connectivity index (χ0n) is 5.18. The number of ketones is 1. The molecule has 1 N–H and O–H groups in total. The van der Waals surface area contributed by atoms with Crippen molar-refractivity contribution in [2.45, 2.75) is 26.2 Å². The molecule has 0 aliphatic heterocycles. The molecule has 48 valence electrons. The minimum absolute atomic E-state index is 0.00116. The summed E-state index contributed by atoms with van der Waals surface area (Å²) in [6.07, 6.45) is 1.83. The molecule has 2 heteroatoms. The minimum atomic E-state index is -0.00116. The average Bonchev–Trinajstić information content (AvgIpc) is 1.68. The number of aliphatic hydroxyl groups excluding tert-OH is 1. The number of Topliss-reactive ketones (excluding diaryl/α,β-unsaturated/α-hetero) is 1. The molecule has 0 aliphatic rings. The summed E-state index contributed by atoms with van der Waals surface area (Å²) < 4.78 is 0. The van der Waals surface area contributed by atoms with E-state index in [0.717, 1.165) is 6.42 Å². The number of hydrogen-bond acceptors (Lipinski definition) is 2. The third kappa shape index (κ3) is 3.81. The summed E-state index contributed by atoms with van der Waals surface area (Å²) in [7, 11) is 0. The zero-order valence-corrected chi connectivity index (χ0v) is 5.18. The summed E-state index contributed by atoms with van der Waals surface area (Å²) in [5, 5.41) is 8.24. The van der Waals surface area contributed by atoms with E-state index in [1.165, 1.54) is 0 Å². The van der Waals surface area contributed by atoms with Crippen molar-refractivity contribution < 1.29 is 9.90 Å². The van der Waals surface area contributed by atoms with Crippen LogP contribution in [-0.4, -0.2) is 17.5 Å². The van der Waals surface area contributed by atoms with Gasteiger partial charge in [-0.2, -0.15) is 0 Å². The molecule has 0 radical (unpaired) electrons. The Balaban J connectivity index is 3.06. The van der Waals surface area contributed by atoms with Gasteiger partial charge in [-0.05, 0) is 6.42 Å². The first-order valence-corrected chi connectivity index (χ1v) is 2.93. The Bertz CT molecular complexity index is 60.9. The first-order valence-electron chi connectivity index (χ1n) is 2.93. The average molecular weight is 116 g/mol. The van der Waals surface area contributed by atoms with Crippen LogP contribution in [0.25, 0.3) is 0 Å². The van der Waals surface area contributed by atoms with Crippen molar-refractivity contribution in [3.8, 4) is 0 Å². The second-order valence-electron chi connectivity index (χ2n) is 1.76. The molecule has 0 aromatic heterocycles. The van der Waals surface area contributed by atoms with Gasteiger partial charge in [-0.1, -0.05) is 6.92 Å². The van der Waals surface area contributed by atoms with Crippen molar-refractivity contribution in [3.63, 3.8) is 0 Å². The van der Waals surface area contributed by atoms with Crippen molar-refractivity contribution in [1.82, 2.24) is 0 Å². The van der Waals surface area contributed by atoms with Crippen LogP contribution >= 0.6 is 0 Å². The van der Waals surface area contributed by atoms with Crippen LogP contribution in [0.4, 0.5) is 0 Å². The number of rotatable bonds is 4. The quantitative estimate of drug-likeness (QED) is 0.588. The highest BCUT2D eigenvalue weighted by Crippen LogP contribution is 1.91. The lowest BCUT2D eigenvalue weighted by Crippen LogP contribution is -1.98. The standard InChI is InChI=1S/C6H12O2/c1-2-3-6(8)4-5-7/h7H,2-5H2,1H3. The van der Waals surface area contributed by atoms with Crippen molar-refractivity contribution in [2.24, 2.45) is 0 Å². The maximum Gasteiger partial charge on any atom is 0.135 e. The highest BCUT2D eigenvalue weighted by molar-refractivity contribution is 5.78. The molecule has 0 heterocycles. The van der Waals surface area contributed by atoms with E-state index in [4.69, 9.17) is 5.11 Å². The van der Waals surface area contributed by atoms with Crippen molar-refractivity contribution in [2.75, 3.05) is 6.61 Å². The van der Waals surface area contributed by atoms with Gasteiger partial charge in [0.15, 0.2) is 0 Å². The summed E-state index contributed by atoms with van der Waals surface area (Å²) in [5.41, 5.74) is 0. The number of aliphatic hydroxyl groups is 1. The van der Waals surface area contributed by atoms with Crippen LogP contribution in [0.15, 0.2) is 0 Å². The summed E-state index contributed by atoms with van der Waals surface area (Å²) in [4.78, 5) is 10.5. The Morgan fingerprint density at radius 1 is 1.50 bits per heavy atom. The molecule has 0 aromatic rings. The van der Waals surface area contributed by atoms with E-state index in [1.807, 2.05) is 6.92 Å². The Hall–Kier alpha value is -0.370. The van der Waals surface area contributed by atoms with Gasteiger partial charge in [0.2, 0.25) is 0 Å². The first kappa shape index (κ1) is 7.63. The predicted molar refractivity (Wildman–Crippen MR) is 31.6 cm³/mol. The predicted octanol–water partition coefficient (Wildman–Crippen LogP) is 0.738. The maximum atomic E-state index is 10.5. The van der Waals surface area contributed by atoms with E-state index in [9.17, 15) is 4.79 Å². The Morgan fingerprint density at radius 3 is 2.50 bits per heavy atom. The van der Waals surface area contributed by atoms with Gasteiger partial charge in [-0.25, -0.2) is 0 Å². The van der Waals surface area contributed by atoms with Gasteiger partial charge in [0.05, 0.1) is 0 Å². The molecule has 0 bridgehead atoms. The second kappa shape index (κ2) is 4.78. The fourth-order valence-corrected chi connectivity index (χ4v) is 0.529. The van der Waals surface area contributed by atoms with Gasteiger partial charge < -0.3 is 5.11 Å². The first-order chi connectivity index (χ1) is 3.81. The van der Waals surface area contributed by atoms with Gasteiger partial charge in [-0.15, -0.1) is 0 Å². The van der Waals surface area contributed by atoms with Crippen LogP contribution in [0.3, 0.4) is 0 Å². The van der Waals surface area contributed by atoms with E-state index in [0.29, 0.717) is 12.8 Å². The number of carbonyl (C=O) groups excluding carboxylic acids is 1. The minimum Gasteiger partial charge on any atom is -0.396 e. The van der Waals surface area contributed by atoms with Crippen LogP contribution in [0, 0.1) is 0 Å². The zero-order chi connectivity index (χ0) is 6.41. The van der Waals surface area contributed by atoms with Crippen molar-refractivity contribution in [3.05, 3.63) is 0 Å². The smallest absolute Gasteiger partial charge is 0.135 e.